The van der Waals surface area contributed by atoms with Gasteiger partial charge in [-0.1, -0.05) is 0 Å². The van der Waals surface area contributed by atoms with E-state index in [2.05, 4.69) is 10.6 Å². The molecule has 21 heavy (non-hydrogen) atoms. The van der Waals surface area contributed by atoms with Crippen molar-refractivity contribution in [2.75, 3.05) is 27.3 Å². The van der Waals surface area contributed by atoms with Crippen molar-refractivity contribution in [1.29, 1.82) is 0 Å². The normalized spacial score (nSPS) is 17.1. The number of piperidine rings is 1. The molecule has 1 heterocycles. The number of nitrogens with one attached hydrogen (secondary N) is 2. The summed E-state index contributed by atoms with van der Waals surface area (Å²) in [5.41, 5.74) is 0.959. The maximum absolute atomic E-state index is 12.3. The lowest BCUT2D eigenvalue weighted by atomic mass is 9.96. The lowest BCUT2D eigenvalue weighted by Gasteiger charge is -2.24. The Bertz CT molecular complexity index is 484. The van der Waals surface area contributed by atoms with Gasteiger partial charge in [-0.15, -0.1) is 0 Å². The van der Waals surface area contributed by atoms with E-state index in [0.717, 1.165) is 43.0 Å². The molecule has 116 valence electrons. The molecule has 0 aromatic heterocycles. The molecule has 1 aromatic carbocycles. The predicted octanol–water partition coefficient (Wildman–Crippen LogP) is 1.88. The Hall–Kier alpha value is -1.75. The third kappa shape index (κ3) is 3.88. The molecule has 0 radical (unpaired) electrons. The highest BCUT2D eigenvalue weighted by Crippen LogP contribution is 2.29. The summed E-state index contributed by atoms with van der Waals surface area (Å²) in [6.45, 7) is 3.81. The van der Waals surface area contributed by atoms with Gasteiger partial charge in [-0.25, -0.2) is 0 Å². The summed E-state index contributed by atoms with van der Waals surface area (Å²) in [6.07, 6.45) is 1.80. The average molecular weight is 292 g/mol. The van der Waals surface area contributed by atoms with Crippen molar-refractivity contribution in [3.8, 4) is 11.5 Å². The molecule has 2 rings (SSSR count). The van der Waals surface area contributed by atoms with Crippen LogP contribution in [0.5, 0.6) is 11.5 Å². The molecule has 1 amide bonds. The van der Waals surface area contributed by atoms with Gasteiger partial charge in [-0.05, 0) is 45.0 Å². The second kappa shape index (κ2) is 7.31. The van der Waals surface area contributed by atoms with Crippen LogP contribution in [0.2, 0.25) is 0 Å². The number of amides is 1. The zero-order chi connectivity index (χ0) is 15.2. The molecule has 1 aliphatic rings. The van der Waals surface area contributed by atoms with E-state index < -0.39 is 0 Å². The van der Waals surface area contributed by atoms with Crippen LogP contribution in [0.3, 0.4) is 0 Å². The van der Waals surface area contributed by atoms with Crippen molar-refractivity contribution < 1.29 is 14.3 Å². The maximum atomic E-state index is 12.3. The quantitative estimate of drug-likeness (QED) is 0.870. The predicted molar refractivity (Wildman–Crippen MR) is 81.7 cm³/mol. The molecule has 1 aromatic rings. The van der Waals surface area contributed by atoms with Crippen LogP contribution in [0.15, 0.2) is 18.2 Å². The van der Waals surface area contributed by atoms with Crippen molar-refractivity contribution in [2.24, 2.45) is 5.92 Å². The molecule has 0 spiro atoms. The average Bonchev–Trinajstić information content (AvgIpc) is 2.54. The third-order valence-corrected chi connectivity index (χ3v) is 3.98. The molecule has 0 bridgehead atoms. The van der Waals surface area contributed by atoms with Crippen LogP contribution in [0, 0.1) is 5.92 Å². The summed E-state index contributed by atoms with van der Waals surface area (Å²) in [5, 5.41) is 6.36. The number of methoxy groups -OCH3 is 2. The molecule has 0 aliphatic carbocycles. The fourth-order valence-corrected chi connectivity index (χ4v) is 2.67. The Kier molecular flexibility index (Phi) is 5.44. The minimum Gasteiger partial charge on any atom is -0.497 e. The summed E-state index contributed by atoms with van der Waals surface area (Å²) in [4.78, 5) is 12.3. The van der Waals surface area contributed by atoms with E-state index >= 15 is 0 Å². The summed E-state index contributed by atoms with van der Waals surface area (Å²) in [6, 6.07) is 5.56. The lowest BCUT2D eigenvalue weighted by molar-refractivity contribution is -0.126. The fraction of sp³-hybridized carbons (Fsp3) is 0.562. The summed E-state index contributed by atoms with van der Waals surface area (Å²) in [7, 11) is 3.25. The monoisotopic (exact) mass is 292 g/mol. The number of carbonyl (C=O) groups excluding carboxylic acids is 1. The van der Waals surface area contributed by atoms with Gasteiger partial charge in [0.15, 0.2) is 0 Å². The van der Waals surface area contributed by atoms with Crippen LogP contribution in [-0.2, 0) is 4.79 Å². The number of benzene rings is 1. The first-order valence-corrected chi connectivity index (χ1v) is 7.38. The first-order chi connectivity index (χ1) is 10.2. The van der Waals surface area contributed by atoms with E-state index in [0.29, 0.717) is 0 Å². The van der Waals surface area contributed by atoms with Gasteiger partial charge in [0.1, 0.15) is 11.5 Å². The van der Waals surface area contributed by atoms with E-state index in [-0.39, 0.29) is 17.9 Å². The number of hydrogen-bond donors (Lipinski definition) is 2. The first-order valence-electron chi connectivity index (χ1n) is 7.38. The number of hydrogen-bond acceptors (Lipinski definition) is 4. The Morgan fingerprint density at radius 2 is 2.00 bits per heavy atom. The minimum atomic E-state index is -0.0896. The van der Waals surface area contributed by atoms with E-state index in [1.165, 1.54) is 0 Å². The van der Waals surface area contributed by atoms with Crippen LogP contribution in [0.4, 0.5) is 0 Å². The van der Waals surface area contributed by atoms with Crippen molar-refractivity contribution in [2.45, 2.75) is 25.8 Å². The molecule has 2 N–H and O–H groups in total. The molecular weight excluding hydrogens is 268 g/mol. The van der Waals surface area contributed by atoms with Crippen molar-refractivity contribution in [1.82, 2.24) is 10.6 Å². The highest BCUT2D eigenvalue weighted by atomic mass is 16.5. The van der Waals surface area contributed by atoms with Gasteiger partial charge in [0.25, 0.3) is 0 Å². The zero-order valence-corrected chi connectivity index (χ0v) is 12.9. The topological polar surface area (TPSA) is 59.6 Å². The Balaban J connectivity index is 2.05. The number of ether oxygens (including phenoxy) is 2. The second-order valence-electron chi connectivity index (χ2n) is 5.36. The van der Waals surface area contributed by atoms with Crippen molar-refractivity contribution in [3.05, 3.63) is 23.8 Å². The van der Waals surface area contributed by atoms with E-state index in [4.69, 9.17) is 9.47 Å². The van der Waals surface area contributed by atoms with Gasteiger partial charge in [0.2, 0.25) is 5.91 Å². The lowest BCUT2D eigenvalue weighted by Crippen LogP contribution is -2.39. The molecule has 5 nitrogen and oxygen atoms in total. The summed E-state index contributed by atoms with van der Waals surface area (Å²) < 4.78 is 10.6. The highest BCUT2D eigenvalue weighted by Gasteiger charge is 2.23. The van der Waals surface area contributed by atoms with Crippen LogP contribution in [0.1, 0.15) is 31.4 Å². The molecule has 1 atom stereocenters. The molecule has 1 fully saturated rings. The van der Waals surface area contributed by atoms with Crippen LogP contribution < -0.4 is 20.1 Å². The summed E-state index contributed by atoms with van der Waals surface area (Å²) in [5.74, 6) is 1.71. The van der Waals surface area contributed by atoms with Crippen LogP contribution in [0.25, 0.3) is 0 Å². The van der Waals surface area contributed by atoms with Crippen LogP contribution >= 0.6 is 0 Å². The fourth-order valence-electron chi connectivity index (χ4n) is 2.67. The second-order valence-corrected chi connectivity index (χ2v) is 5.36. The number of rotatable bonds is 5. The van der Waals surface area contributed by atoms with E-state index in [9.17, 15) is 4.79 Å². The first kappa shape index (κ1) is 15.6. The van der Waals surface area contributed by atoms with Crippen molar-refractivity contribution >= 4 is 5.91 Å². The largest absolute Gasteiger partial charge is 0.497 e. The Morgan fingerprint density at radius 1 is 1.29 bits per heavy atom. The smallest absolute Gasteiger partial charge is 0.223 e. The molecule has 1 saturated heterocycles. The summed E-state index contributed by atoms with van der Waals surface area (Å²) >= 11 is 0. The molecule has 0 saturated carbocycles. The SMILES string of the molecule is COc1ccc(C(C)NC(=O)C2CCNCC2)c(OC)c1. The number of carbonyl (C=O) groups is 1. The van der Waals surface area contributed by atoms with Crippen LogP contribution in [-0.4, -0.2) is 33.2 Å². The van der Waals surface area contributed by atoms with Gasteiger partial charge in [0.05, 0.1) is 20.3 Å². The molecular formula is C16H24N2O3. The van der Waals surface area contributed by atoms with Gasteiger partial charge in [0, 0.05) is 17.5 Å². The van der Waals surface area contributed by atoms with Gasteiger partial charge in [-0.2, -0.15) is 0 Å². The van der Waals surface area contributed by atoms with Gasteiger partial charge >= 0.3 is 0 Å². The Labute approximate surface area is 126 Å². The molecule has 1 aliphatic heterocycles. The maximum Gasteiger partial charge on any atom is 0.223 e. The van der Waals surface area contributed by atoms with E-state index in [1.54, 1.807) is 14.2 Å². The third-order valence-electron chi connectivity index (χ3n) is 3.98. The van der Waals surface area contributed by atoms with Gasteiger partial charge in [-0.3, -0.25) is 4.79 Å². The van der Waals surface area contributed by atoms with Crippen molar-refractivity contribution in [3.63, 3.8) is 0 Å². The molecule has 1 unspecified atom stereocenters. The molecule has 5 heteroatoms. The standard InChI is InChI=1S/C16H24N2O3/c1-11(18-16(19)12-6-8-17-9-7-12)14-5-4-13(20-2)10-15(14)21-3/h4-5,10-12,17H,6-9H2,1-3H3,(H,18,19). The minimum absolute atomic E-state index is 0.0896. The zero-order valence-electron chi connectivity index (χ0n) is 12.9. The van der Waals surface area contributed by atoms with E-state index in [1.807, 2.05) is 25.1 Å². The van der Waals surface area contributed by atoms with Gasteiger partial charge < -0.3 is 20.1 Å². The Morgan fingerprint density at radius 3 is 2.62 bits per heavy atom. The highest BCUT2D eigenvalue weighted by molar-refractivity contribution is 5.79.